The van der Waals surface area contributed by atoms with Gasteiger partial charge in [0.05, 0.1) is 13.7 Å². The monoisotopic (exact) mass is 234 g/mol. The fraction of sp³-hybridized carbons (Fsp3) is 0.333. The number of benzene rings is 1. The van der Waals surface area contributed by atoms with Gasteiger partial charge in [0.15, 0.2) is 0 Å². The number of methoxy groups -OCH3 is 1. The van der Waals surface area contributed by atoms with Gasteiger partial charge in [-0.15, -0.1) is 0 Å². The van der Waals surface area contributed by atoms with Crippen LogP contribution in [0, 0.1) is 0 Å². The molecule has 0 unspecified atom stereocenters. The van der Waals surface area contributed by atoms with Crippen molar-refractivity contribution >= 4 is 11.8 Å². The van der Waals surface area contributed by atoms with Crippen LogP contribution in [-0.2, 0) is 4.79 Å². The van der Waals surface area contributed by atoms with Crippen molar-refractivity contribution in [2.45, 2.75) is 0 Å². The largest absolute Gasteiger partial charge is 0.497 e. The molecule has 1 fully saturated rings. The highest BCUT2D eigenvalue weighted by Crippen LogP contribution is 2.13. The molecule has 1 aliphatic rings. The van der Waals surface area contributed by atoms with Gasteiger partial charge in [-0.3, -0.25) is 9.59 Å². The third kappa shape index (κ3) is 2.55. The Labute approximate surface area is 99.4 Å². The minimum Gasteiger partial charge on any atom is -0.497 e. The second-order valence-electron chi connectivity index (χ2n) is 3.81. The Morgan fingerprint density at radius 2 is 2.06 bits per heavy atom. The molecule has 0 aliphatic carbocycles. The number of piperazine rings is 1. The van der Waals surface area contributed by atoms with E-state index >= 15 is 0 Å². The Balaban J connectivity index is 2.10. The molecule has 17 heavy (non-hydrogen) atoms. The lowest BCUT2D eigenvalue weighted by Crippen LogP contribution is -2.49. The standard InChI is InChI=1S/C12H14N2O3/c1-17-10-4-2-9(3-5-10)12(16)14-7-6-13-11(15)8-14/h2-5H,6-8H2,1H3,(H,13,15). The van der Waals surface area contributed by atoms with E-state index in [0.29, 0.717) is 24.4 Å². The molecule has 0 bridgehead atoms. The molecule has 0 atom stereocenters. The first-order valence-corrected chi connectivity index (χ1v) is 5.41. The van der Waals surface area contributed by atoms with Gasteiger partial charge in [0.2, 0.25) is 5.91 Å². The van der Waals surface area contributed by atoms with E-state index in [1.807, 2.05) is 0 Å². The van der Waals surface area contributed by atoms with Crippen LogP contribution in [0.2, 0.25) is 0 Å². The van der Waals surface area contributed by atoms with Crippen LogP contribution in [0.3, 0.4) is 0 Å². The van der Waals surface area contributed by atoms with Crippen LogP contribution in [0.15, 0.2) is 24.3 Å². The summed E-state index contributed by atoms with van der Waals surface area (Å²) in [6, 6.07) is 6.87. The lowest BCUT2D eigenvalue weighted by Gasteiger charge is -2.26. The maximum absolute atomic E-state index is 12.1. The molecule has 0 spiro atoms. The third-order valence-corrected chi connectivity index (χ3v) is 2.66. The molecule has 5 heteroatoms. The fourth-order valence-electron chi connectivity index (χ4n) is 1.73. The van der Waals surface area contributed by atoms with E-state index in [1.165, 1.54) is 0 Å². The van der Waals surface area contributed by atoms with Crippen molar-refractivity contribution in [2.75, 3.05) is 26.7 Å². The Morgan fingerprint density at radius 3 is 2.65 bits per heavy atom. The second-order valence-corrected chi connectivity index (χ2v) is 3.81. The van der Waals surface area contributed by atoms with Crippen molar-refractivity contribution in [1.82, 2.24) is 10.2 Å². The zero-order valence-electron chi connectivity index (χ0n) is 9.60. The number of carbonyl (C=O) groups is 2. The maximum Gasteiger partial charge on any atom is 0.254 e. The molecule has 5 nitrogen and oxygen atoms in total. The number of carbonyl (C=O) groups excluding carboxylic acids is 2. The van der Waals surface area contributed by atoms with Crippen molar-refractivity contribution < 1.29 is 14.3 Å². The molecule has 1 heterocycles. The lowest BCUT2D eigenvalue weighted by molar-refractivity contribution is -0.123. The van der Waals surface area contributed by atoms with Crippen LogP contribution in [0.1, 0.15) is 10.4 Å². The van der Waals surface area contributed by atoms with E-state index in [9.17, 15) is 9.59 Å². The van der Waals surface area contributed by atoms with Crippen LogP contribution in [0.25, 0.3) is 0 Å². The molecule has 1 saturated heterocycles. The van der Waals surface area contributed by atoms with E-state index in [4.69, 9.17) is 4.74 Å². The van der Waals surface area contributed by atoms with Gasteiger partial charge in [-0.1, -0.05) is 0 Å². The van der Waals surface area contributed by atoms with Crippen molar-refractivity contribution in [1.29, 1.82) is 0 Å². The Bertz CT molecular complexity index is 428. The normalized spacial score (nSPS) is 15.4. The summed E-state index contributed by atoms with van der Waals surface area (Å²) in [5.74, 6) is 0.471. The predicted octanol–water partition coefficient (Wildman–Crippen LogP) is 0.267. The van der Waals surface area contributed by atoms with Gasteiger partial charge < -0.3 is 15.0 Å². The first-order chi connectivity index (χ1) is 8.20. The summed E-state index contributed by atoms with van der Waals surface area (Å²) in [5, 5.41) is 2.68. The van der Waals surface area contributed by atoms with Gasteiger partial charge in [-0.2, -0.15) is 0 Å². The molecule has 1 N–H and O–H groups in total. The summed E-state index contributed by atoms with van der Waals surface area (Å²) in [4.78, 5) is 24.8. The molecule has 90 valence electrons. The maximum atomic E-state index is 12.1. The molecule has 1 aromatic rings. The average molecular weight is 234 g/mol. The van der Waals surface area contributed by atoms with E-state index in [1.54, 1.807) is 36.3 Å². The van der Waals surface area contributed by atoms with Crippen LogP contribution in [-0.4, -0.2) is 43.5 Å². The number of amides is 2. The molecular weight excluding hydrogens is 220 g/mol. The van der Waals surface area contributed by atoms with Gasteiger partial charge in [0.1, 0.15) is 5.75 Å². The zero-order valence-corrected chi connectivity index (χ0v) is 9.60. The number of nitrogens with zero attached hydrogens (tertiary/aromatic N) is 1. The van der Waals surface area contributed by atoms with Gasteiger partial charge in [0.25, 0.3) is 5.91 Å². The van der Waals surface area contributed by atoms with Crippen LogP contribution in [0.4, 0.5) is 0 Å². The van der Waals surface area contributed by atoms with Crippen molar-refractivity contribution in [3.05, 3.63) is 29.8 Å². The zero-order chi connectivity index (χ0) is 12.3. The summed E-state index contributed by atoms with van der Waals surface area (Å²) >= 11 is 0. The van der Waals surface area contributed by atoms with E-state index in [0.717, 1.165) is 0 Å². The molecule has 0 radical (unpaired) electrons. The first kappa shape index (κ1) is 11.4. The van der Waals surface area contributed by atoms with Crippen LogP contribution < -0.4 is 10.1 Å². The summed E-state index contributed by atoms with van der Waals surface area (Å²) < 4.78 is 5.02. The van der Waals surface area contributed by atoms with E-state index < -0.39 is 0 Å². The fourth-order valence-corrected chi connectivity index (χ4v) is 1.73. The highest BCUT2D eigenvalue weighted by atomic mass is 16.5. The number of rotatable bonds is 2. The van der Waals surface area contributed by atoms with Gasteiger partial charge in [-0.05, 0) is 24.3 Å². The highest BCUT2D eigenvalue weighted by molar-refractivity contribution is 5.97. The van der Waals surface area contributed by atoms with Crippen molar-refractivity contribution in [3.8, 4) is 5.75 Å². The minimum absolute atomic E-state index is 0.113. The third-order valence-electron chi connectivity index (χ3n) is 2.66. The van der Waals surface area contributed by atoms with E-state index in [-0.39, 0.29) is 18.4 Å². The molecule has 1 aliphatic heterocycles. The van der Waals surface area contributed by atoms with E-state index in [2.05, 4.69) is 5.32 Å². The van der Waals surface area contributed by atoms with Gasteiger partial charge in [-0.25, -0.2) is 0 Å². The number of ether oxygens (including phenoxy) is 1. The van der Waals surface area contributed by atoms with Crippen molar-refractivity contribution in [3.63, 3.8) is 0 Å². The Hall–Kier alpha value is -2.04. The van der Waals surface area contributed by atoms with Crippen molar-refractivity contribution in [2.24, 2.45) is 0 Å². The quantitative estimate of drug-likeness (QED) is 0.799. The summed E-state index contributed by atoms with van der Waals surface area (Å²) in [7, 11) is 1.58. The van der Waals surface area contributed by atoms with Gasteiger partial charge in [0, 0.05) is 18.7 Å². The van der Waals surface area contributed by atoms with Crippen LogP contribution in [0.5, 0.6) is 5.75 Å². The van der Waals surface area contributed by atoms with Gasteiger partial charge >= 0.3 is 0 Å². The topological polar surface area (TPSA) is 58.6 Å². The average Bonchev–Trinajstić information content (AvgIpc) is 2.38. The smallest absolute Gasteiger partial charge is 0.254 e. The molecule has 2 rings (SSSR count). The number of hydrogen-bond acceptors (Lipinski definition) is 3. The summed E-state index contributed by atoms with van der Waals surface area (Å²) in [5.41, 5.74) is 0.570. The van der Waals surface area contributed by atoms with Crippen LogP contribution >= 0.6 is 0 Å². The SMILES string of the molecule is COc1ccc(C(=O)N2CCNC(=O)C2)cc1. The molecule has 1 aromatic carbocycles. The Kier molecular flexibility index (Phi) is 3.27. The molecule has 0 aromatic heterocycles. The predicted molar refractivity (Wildman–Crippen MR) is 61.9 cm³/mol. The summed E-state index contributed by atoms with van der Waals surface area (Å²) in [6.07, 6.45) is 0. The lowest BCUT2D eigenvalue weighted by atomic mass is 10.2. The number of hydrogen-bond donors (Lipinski definition) is 1. The minimum atomic E-state index is -0.123. The Morgan fingerprint density at radius 1 is 1.35 bits per heavy atom. The molecule has 2 amide bonds. The highest BCUT2D eigenvalue weighted by Gasteiger charge is 2.21. The summed E-state index contributed by atoms with van der Waals surface area (Å²) in [6.45, 7) is 1.20. The first-order valence-electron chi connectivity index (χ1n) is 5.41. The number of nitrogens with one attached hydrogen (secondary N) is 1. The second kappa shape index (κ2) is 4.86. The molecule has 0 saturated carbocycles. The molecular formula is C12H14N2O3.